The van der Waals surface area contributed by atoms with Crippen LogP contribution in [0.15, 0.2) is 224 Å². The molecule has 0 saturated carbocycles. The minimum atomic E-state index is 1.09. The topological polar surface area (TPSA) is 3.24 Å². The second-order valence-electron chi connectivity index (χ2n) is 13.3. The van der Waals surface area contributed by atoms with Gasteiger partial charge in [0.05, 0.1) is 11.4 Å². The fraction of sp³-hybridized carbons (Fsp3) is 0. The van der Waals surface area contributed by atoms with E-state index in [1.54, 1.807) is 0 Å². The average molecular weight is 676 g/mol. The molecule has 1 heteroatoms. The van der Waals surface area contributed by atoms with Gasteiger partial charge in [0.2, 0.25) is 0 Å². The summed E-state index contributed by atoms with van der Waals surface area (Å²) in [7, 11) is 0. The minimum absolute atomic E-state index is 1.09. The van der Waals surface area contributed by atoms with Gasteiger partial charge >= 0.3 is 0 Å². The molecule has 250 valence electrons. The molecule has 0 aliphatic rings. The quantitative estimate of drug-likeness (QED) is 0.155. The van der Waals surface area contributed by atoms with E-state index in [1.807, 2.05) is 0 Å². The van der Waals surface area contributed by atoms with Crippen molar-refractivity contribution in [3.05, 3.63) is 224 Å². The summed E-state index contributed by atoms with van der Waals surface area (Å²) in [5.74, 6) is 0. The fourth-order valence-corrected chi connectivity index (χ4v) is 7.55. The molecular weight excluding hydrogens is 639 g/mol. The first-order valence-corrected chi connectivity index (χ1v) is 18.2. The van der Waals surface area contributed by atoms with E-state index < -0.39 is 0 Å². The maximum absolute atomic E-state index is 2.43. The van der Waals surface area contributed by atoms with Gasteiger partial charge in [-0.3, -0.25) is 0 Å². The Morgan fingerprint density at radius 1 is 0.264 bits per heavy atom. The molecule has 0 heterocycles. The van der Waals surface area contributed by atoms with Crippen LogP contribution in [0.1, 0.15) is 0 Å². The number of fused-ring (bicyclic) bond motifs is 1. The van der Waals surface area contributed by atoms with Crippen molar-refractivity contribution in [2.24, 2.45) is 0 Å². The largest absolute Gasteiger partial charge is 0.309 e. The molecule has 9 aromatic carbocycles. The highest BCUT2D eigenvalue weighted by molar-refractivity contribution is 6.04. The lowest BCUT2D eigenvalue weighted by atomic mass is 9.89. The van der Waals surface area contributed by atoms with Gasteiger partial charge in [0.15, 0.2) is 0 Å². The Hall–Kier alpha value is -6.96. The fourth-order valence-electron chi connectivity index (χ4n) is 7.55. The van der Waals surface area contributed by atoms with Crippen molar-refractivity contribution in [3.8, 4) is 55.6 Å². The Bertz CT molecular complexity index is 2630. The molecule has 0 aromatic heterocycles. The van der Waals surface area contributed by atoms with Gasteiger partial charge in [-0.15, -0.1) is 0 Å². The number of nitrogens with zero attached hydrogens (tertiary/aromatic N) is 1. The van der Waals surface area contributed by atoms with Gasteiger partial charge in [0.25, 0.3) is 0 Å². The standard InChI is InChI=1S/C52H37N/c1-5-17-38(18-6-1)44-32-36-51(49(37-44)40-21-9-3-10-22-40)53(50-28-16-15-26-46(50)39-19-7-2-8-20-39)45-33-29-42(30-34-45)48-35-31-41-23-13-14-27-47(41)52(48)43-24-11-4-12-25-43/h1-37H. The normalized spacial score (nSPS) is 11.0. The summed E-state index contributed by atoms with van der Waals surface area (Å²) >= 11 is 0. The molecule has 9 rings (SSSR count). The van der Waals surface area contributed by atoms with E-state index in [1.165, 1.54) is 66.4 Å². The molecule has 0 saturated heterocycles. The molecule has 0 bridgehead atoms. The molecule has 0 N–H and O–H groups in total. The highest BCUT2D eigenvalue weighted by atomic mass is 15.1. The maximum atomic E-state index is 2.43. The summed E-state index contributed by atoms with van der Waals surface area (Å²) in [5.41, 5.74) is 15.2. The number of rotatable bonds is 8. The highest BCUT2D eigenvalue weighted by Gasteiger charge is 2.22. The van der Waals surface area contributed by atoms with Crippen molar-refractivity contribution < 1.29 is 0 Å². The van der Waals surface area contributed by atoms with Crippen molar-refractivity contribution in [2.75, 3.05) is 4.90 Å². The monoisotopic (exact) mass is 675 g/mol. The third-order valence-corrected chi connectivity index (χ3v) is 10.1. The zero-order chi connectivity index (χ0) is 35.4. The van der Waals surface area contributed by atoms with Crippen LogP contribution in [0.2, 0.25) is 0 Å². The molecule has 0 atom stereocenters. The number of hydrogen-bond donors (Lipinski definition) is 0. The predicted octanol–water partition coefficient (Wildman–Crippen LogP) is 14.6. The molecule has 9 aromatic rings. The van der Waals surface area contributed by atoms with Gasteiger partial charge in [0, 0.05) is 16.8 Å². The smallest absolute Gasteiger partial charge is 0.0540 e. The third kappa shape index (κ3) is 6.30. The third-order valence-electron chi connectivity index (χ3n) is 10.1. The van der Waals surface area contributed by atoms with Crippen LogP contribution >= 0.6 is 0 Å². The second-order valence-corrected chi connectivity index (χ2v) is 13.3. The number of anilines is 3. The molecule has 1 nitrogen and oxygen atoms in total. The van der Waals surface area contributed by atoms with Gasteiger partial charge in [-0.25, -0.2) is 0 Å². The molecule has 0 fully saturated rings. The van der Waals surface area contributed by atoms with Gasteiger partial charge in [-0.2, -0.15) is 0 Å². The molecule has 53 heavy (non-hydrogen) atoms. The summed E-state index contributed by atoms with van der Waals surface area (Å²) in [4.78, 5) is 2.43. The molecule has 0 aliphatic heterocycles. The average Bonchev–Trinajstić information content (AvgIpc) is 3.25. The number of hydrogen-bond acceptors (Lipinski definition) is 1. The molecule has 0 radical (unpaired) electrons. The van der Waals surface area contributed by atoms with E-state index in [9.17, 15) is 0 Å². The lowest BCUT2D eigenvalue weighted by Gasteiger charge is -2.30. The van der Waals surface area contributed by atoms with Crippen molar-refractivity contribution in [1.29, 1.82) is 0 Å². The van der Waals surface area contributed by atoms with Crippen molar-refractivity contribution in [2.45, 2.75) is 0 Å². The van der Waals surface area contributed by atoms with E-state index in [2.05, 4.69) is 229 Å². The van der Waals surface area contributed by atoms with Gasteiger partial charge in [-0.1, -0.05) is 194 Å². The number of benzene rings is 9. The van der Waals surface area contributed by atoms with Crippen LogP contribution in [0.3, 0.4) is 0 Å². The van der Waals surface area contributed by atoms with E-state index in [-0.39, 0.29) is 0 Å². The summed E-state index contributed by atoms with van der Waals surface area (Å²) < 4.78 is 0. The predicted molar refractivity (Wildman–Crippen MR) is 226 cm³/mol. The molecular formula is C52H37N. The van der Waals surface area contributed by atoms with Crippen molar-refractivity contribution in [1.82, 2.24) is 0 Å². The van der Waals surface area contributed by atoms with Crippen LogP contribution in [-0.2, 0) is 0 Å². The van der Waals surface area contributed by atoms with E-state index >= 15 is 0 Å². The zero-order valence-corrected chi connectivity index (χ0v) is 29.3. The van der Waals surface area contributed by atoms with Crippen LogP contribution in [0.5, 0.6) is 0 Å². The van der Waals surface area contributed by atoms with Crippen molar-refractivity contribution >= 4 is 27.8 Å². The summed E-state index contributed by atoms with van der Waals surface area (Å²) in [6.45, 7) is 0. The lowest BCUT2D eigenvalue weighted by Crippen LogP contribution is -2.12. The Labute approximate surface area is 311 Å². The molecule has 0 spiro atoms. The lowest BCUT2D eigenvalue weighted by molar-refractivity contribution is 1.28. The van der Waals surface area contributed by atoms with E-state index in [0.29, 0.717) is 0 Å². The van der Waals surface area contributed by atoms with Crippen LogP contribution < -0.4 is 4.90 Å². The van der Waals surface area contributed by atoms with Gasteiger partial charge in [-0.05, 0) is 85.6 Å². The summed E-state index contributed by atoms with van der Waals surface area (Å²) in [5, 5.41) is 2.49. The summed E-state index contributed by atoms with van der Waals surface area (Å²) in [6, 6.07) is 80.8. The van der Waals surface area contributed by atoms with Crippen molar-refractivity contribution in [3.63, 3.8) is 0 Å². The zero-order valence-electron chi connectivity index (χ0n) is 29.3. The Balaban J connectivity index is 1.25. The Morgan fingerprint density at radius 2 is 0.755 bits per heavy atom. The van der Waals surface area contributed by atoms with Crippen LogP contribution in [0, 0.1) is 0 Å². The molecule has 0 aliphatic carbocycles. The molecule has 0 amide bonds. The van der Waals surface area contributed by atoms with Crippen LogP contribution in [-0.4, -0.2) is 0 Å². The Morgan fingerprint density at radius 3 is 1.43 bits per heavy atom. The van der Waals surface area contributed by atoms with E-state index in [0.717, 1.165) is 17.1 Å². The van der Waals surface area contributed by atoms with Crippen LogP contribution in [0.4, 0.5) is 17.1 Å². The highest BCUT2D eigenvalue weighted by Crippen LogP contribution is 2.46. The SMILES string of the molecule is c1ccc(-c2ccc(N(c3ccc(-c4ccc5ccccc5c4-c4ccccc4)cc3)c3ccccc3-c3ccccc3)c(-c3ccccc3)c2)cc1. The first kappa shape index (κ1) is 32.0. The number of para-hydroxylation sites is 1. The summed E-state index contributed by atoms with van der Waals surface area (Å²) in [6.07, 6.45) is 0. The maximum Gasteiger partial charge on any atom is 0.0540 e. The first-order chi connectivity index (χ1) is 26.3. The Kier molecular flexibility index (Phi) is 8.66. The van der Waals surface area contributed by atoms with Crippen LogP contribution in [0.25, 0.3) is 66.4 Å². The van der Waals surface area contributed by atoms with Gasteiger partial charge < -0.3 is 4.90 Å². The van der Waals surface area contributed by atoms with E-state index in [4.69, 9.17) is 0 Å². The second kappa shape index (κ2) is 14.3. The van der Waals surface area contributed by atoms with Gasteiger partial charge in [0.1, 0.15) is 0 Å². The first-order valence-electron chi connectivity index (χ1n) is 18.2. The molecule has 0 unspecified atom stereocenters. The minimum Gasteiger partial charge on any atom is -0.309 e.